The SMILES string of the molecule is COP(=O)(/C=C(\NC(=O)c1ccccc1)c1ccccc1Cl)OC. The van der Waals surface area contributed by atoms with Crippen LogP contribution in [0.25, 0.3) is 5.70 Å². The van der Waals surface area contributed by atoms with Crippen LogP contribution in [0, 0.1) is 0 Å². The summed E-state index contributed by atoms with van der Waals surface area (Å²) in [6.07, 6.45) is 0. The van der Waals surface area contributed by atoms with Gasteiger partial charge >= 0.3 is 7.60 Å². The van der Waals surface area contributed by atoms with E-state index in [1.165, 1.54) is 20.0 Å². The molecule has 0 bridgehead atoms. The number of halogens is 1. The lowest BCUT2D eigenvalue weighted by atomic mass is 10.1. The van der Waals surface area contributed by atoms with E-state index in [2.05, 4.69) is 5.32 Å². The summed E-state index contributed by atoms with van der Waals surface area (Å²) in [5.74, 6) is 0.884. The lowest BCUT2D eigenvalue weighted by Gasteiger charge is -2.15. The molecule has 0 fully saturated rings. The van der Waals surface area contributed by atoms with Crippen molar-refractivity contribution in [3.63, 3.8) is 0 Å². The predicted molar refractivity (Wildman–Crippen MR) is 95.0 cm³/mol. The largest absolute Gasteiger partial charge is 0.355 e. The fraction of sp³-hybridized carbons (Fsp3) is 0.118. The second kappa shape index (κ2) is 8.27. The average Bonchev–Trinajstić information content (AvgIpc) is 2.62. The number of nitrogens with one attached hydrogen (secondary N) is 1. The van der Waals surface area contributed by atoms with E-state index in [4.69, 9.17) is 20.6 Å². The monoisotopic (exact) mass is 365 g/mol. The van der Waals surface area contributed by atoms with Crippen LogP contribution in [-0.4, -0.2) is 20.1 Å². The number of amides is 1. The summed E-state index contributed by atoms with van der Waals surface area (Å²) in [5.41, 5.74) is 1.22. The van der Waals surface area contributed by atoms with Crippen LogP contribution in [0.2, 0.25) is 5.02 Å². The second-order valence-electron chi connectivity index (χ2n) is 4.75. The maximum absolute atomic E-state index is 12.4. The maximum Gasteiger partial charge on any atom is 0.355 e. The Bertz CT molecular complexity index is 784. The van der Waals surface area contributed by atoms with Gasteiger partial charge < -0.3 is 14.4 Å². The minimum Gasteiger partial charge on any atom is -0.321 e. The molecule has 0 saturated carbocycles. The van der Waals surface area contributed by atoms with Gasteiger partial charge in [-0.2, -0.15) is 0 Å². The highest BCUT2D eigenvalue weighted by molar-refractivity contribution is 7.57. The van der Waals surface area contributed by atoms with Crippen molar-refractivity contribution in [2.24, 2.45) is 0 Å². The molecule has 2 aromatic carbocycles. The lowest BCUT2D eigenvalue weighted by Crippen LogP contribution is -2.22. The molecule has 5 nitrogen and oxygen atoms in total. The van der Waals surface area contributed by atoms with Gasteiger partial charge in [-0.05, 0) is 18.2 Å². The van der Waals surface area contributed by atoms with E-state index in [-0.39, 0.29) is 11.6 Å². The summed E-state index contributed by atoms with van der Waals surface area (Å²) in [7, 11) is -0.970. The van der Waals surface area contributed by atoms with Gasteiger partial charge in [0, 0.05) is 30.4 Å². The first-order valence-corrected chi connectivity index (χ1v) is 9.03. The standard InChI is InChI=1S/C17H17ClNO4P/c1-22-24(21,23-2)12-16(14-10-6-7-11-15(14)18)19-17(20)13-8-4-3-5-9-13/h3-12H,1-2H3,(H,19,20)/b16-12-. The number of carbonyl (C=O) groups excluding carboxylic acids is 1. The minimum absolute atomic E-state index is 0.251. The summed E-state index contributed by atoms with van der Waals surface area (Å²) >= 11 is 6.20. The van der Waals surface area contributed by atoms with Gasteiger partial charge in [0.05, 0.1) is 11.5 Å². The molecule has 126 valence electrons. The van der Waals surface area contributed by atoms with Crippen molar-refractivity contribution in [2.75, 3.05) is 14.2 Å². The van der Waals surface area contributed by atoms with Gasteiger partial charge in [0.15, 0.2) is 0 Å². The van der Waals surface area contributed by atoms with Crippen molar-refractivity contribution >= 4 is 30.8 Å². The van der Waals surface area contributed by atoms with Crippen molar-refractivity contribution in [1.82, 2.24) is 5.32 Å². The van der Waals surface area contributed by atoms with E-state index in [9.17, 15) is 9.36 Å². The molecule has 0 spiro atoms. The number of carbonyl (C=O) groups is 1. The highest BCUT2D eigenvalue weighted by Crippen LogP contribution is 2.50. The van der Waals surface area contributed by atoms with Crippen LogP contribution in [0.15, 0.2) is 60.4 Å². The lowest BCUT2D eigenvalue weighted by molar-refractivity contribution is 0.0974. The first-order chi connectivity index (χ1) is 11.5. The third kappa shape index (κ3) is 4.56. The Morgan fingerprint density at radius 3 is 2.21 bits per heavy atom. The van der Waals surface area contributed by atoms with Gasteiger partial charge in [0.25, 0.3) is 5.91 Å². The molecule has 0 aromatic heterocycles. The molecule has 24 heavy (non-hydrogen) atoms. The molecule has 7 heteroatoms. The third-order valence-corrected chi connectivity index (χ3v) is 5.17. The van der Waals surface area contributed by atoms with Gasteiger partial charge in [-0.3, -0.25) is 9.36 Å². The molecule has 0 aliphatic rings. The molecule has 0 saturated heterocycles. The molecule has 1 amide bonds. The Kier molecular flexibility index (Phi) is 6.35. The normalized spacial score (nSPS) is 12.0. The quantitative estimate of drug-likeness (QED) is 0.762. The topological polar surface area (TPSA) is 64.6 Å². The van der Waals surface area contributed by atoms with E-state index in [1.54, 1.807) is 48.5 Å². The maximum atomic E-state index is 12.4. The Labute approximate surface area is 145 Å². The Hall–Kier alpha value is -1.91. The van der Waals surface area contributed by atoms with Crippen molar-refractivity contribution in [3.8, 4) is 0 Å². The molecular formula is C17H17ClNO4P. The fourth-order valence-electron chi connectivity index (χ4n) is 1.97. The Balaban J connectivity index is 2.44. The molecule has 0 aliphatic carbocycles. The van der Waals surface area contributed by atoms with E-state index >= 15 is 0 Å². The van der Waals surface area contributed by atoms with Crippen LogP contribution in [0.4, 0.5) is 0 Å². The first-order valence-electron chi connectivity index (χ1n) is 7.04. The predicted octanol–water partition coefficient (Wildman–Crippen LogP) is 4.55. The van der Waals surface area contributed by atoms with Crippen molar-refractivity contribution in [3.05, 3.63) is 76.6 Å². The smallest absolute Gasteiger partial charge is 0.321 e. The van der Waals surface area contributed by atoms with E-state index in [1.807, 2.05) is 6.07 Å². The first kappa shape index (κ1) is 18.4. The fourth-order valence-corrected chi connectivity index (χ4v) is 3.09. The summed E-state index contributed by atoms with van der Waals surface area (Å²) in [6, 6.07) is 15.6. The average molecular weight is 366 g/mol. The molecule has 0 unspecified atom stereocenters. The van der Waals surface area contributed by atoms with E-state index in [0.29, 0.717) is 16.1 Å². The number of hydrogen-bond donors (Lipinski definition) is 1. The minimum atomic E-state index is -3.51. The van der Waals surface area contributed by atoms with Crippen LogP contribution in [0.1, 0.15) is 15.9 Å². The molecule has 0 heterocycles. The summed E-state index contributed by atoms with van der Waals surface area (Å²) in [4.78, 5) is 12.4. The number of hydrogen-bond acceptors (Lipinski definition) is 4. The van der Waals surface area contributed by atoms with Crippen LogP contribution in [0.3, 0.4) is 0 Å². The molecule has 2 rings (SSSR count). The van der Waals surface area contributed by atoms with Crippen molar-refractivity contribution in [1.29, 1.82) is 0 Å². The van der Waals surface area contributed by atoms with Crippen molar-refractivity contribution in [2.45, 2.75) is 0 Å². The molecule has 1 N–H and O–H groups in total. The van der Waals surface area contributed by atoms with Gasteiger partial charge in [0.2, 0.25) is 0 Å². The second-order valence-corrected chi connectivity index (χ2v) is 7.22. The highest BCUT2D eigenvalue weighted by Gasteiger charge is 2.22. The Morgan fingerprint density at radius 2 is 1.62 bits per heavy atom. The number of benzene rings is 2. The third-order valence-electron chi connectivity index (χ3n) is 3.24. The zero-order valence-electron chi connectivity index (χ0n) is 13.2. The molecular weight excluding hydrogens is 349 g/mol. The molecule has 0 radical (unpaired) electrons. The van der Waals surface area contributed by atoms with Gasteiger partial charge in [-0.15, -0.1) is 0 Å². The van der Waals surface area contributed by atoms with Crippen LogP contribution in [0.5, 0.6) is 0 Å². The Morgan fingerprint density at radius 1 is 1.04 bits per heavy atom. The zero-order chi connectivity index (χ0) is 17.6. The van der Waals surface area contributed by atoms with Crippen molar-refractivity contribution < 1.29 is 18.4 Å². The van der Waals surface area contributed by atoms with Gasteiger partial charge in [0.1, 0.15) is 0 Å². The summed E-state index contributed by atoms with van der Waals surface area (Å²) < 4.78 is 22.3. The van der Waals surface area contributed by atoms with E-state index < -0.39 is 7.60 Å². The van der Waals surface area contributed by atoms with E-state index in [0.717, 1.165) is 0 Å². The summed E-state index contributed by atoms with van der Waals surface area (Å²) in [6.45, 7) is 0. The summed E-state index contributed by atoms with van der Waals surface area (Å²) in [5, 5.41) is 3.12. The molecule has 0 aliphatic heterocycles. The van der Waals surface area contributed by atoms with Gasteiger partial charge in [-0.25, -0.2) is 0 Å². The van der Waals surface area contributed by atoms with Crippen LogP contribution in [-0.2, 0) is 13.6 Å². The molecule has 0 atom stereocenters. The zero-order valence-corrected chi connectivity index (χ0v) is 14.9. The van der Waals surface area contributed by atoms with Crippen LogP contribution < -0.4 is 5.32 Å². The molecule has 2 aromatic rings. The van der Waals surface area contributed by atoms with Gasteiger partial charge in [-0.1, -0.05) is 48.0 Å². The highest BCUT2D eigenvalue weighted by atomic mass is 35.5. The number of rotatable bonds is 6. The van der Waals surface area contributed by atoms with Crippen LogP contribution >= 0.6 is 19.2 Å².